The lowest BCUT2D eigenvalue weighted by Crippen LogP contribution is -2.04. The summed E-state index contributed by atoms with van der Waals surface area (Å²) in [7, 11) is 0. The maximum absolute atomic E-state index is 5.26. The summed E-state index contributed by atoms with van der Waals surface area (Å²) in [4.78, 5) is 8.37. The molecule has 10 heavy (non-hydrogen) atoms. The molecule has 0 atom stereocenters. The second-order valence-electron chi connectivity index (χ2n) is 1.90. The maximum atomic E-state index is 5.26. The number of rotatable bonds is 3. The minimum atomic E-state index is 0.657. The topological polar surface area (TPSA) is 43.6 Å². The zero-order valence-electron chi connectivity index (χ0n) is 5.28. The lowest BCUT2D eigenvalue weighted by molar-refractivity contribution is 0.875. The molecule has 0 bridgehead atoms. The van der Waals surface area contributed by atoms with Gasteiger partial charge in [-0.3, -0.25) is 0 Å². The minimum Gasteiger partial charge on any atom is -0.337 e. The van der Waals surface area contributed by atoms with Crippen molar-refractivity contribution in [3.63, 3.8) is 0 Å². The van der Waals surface area contributed by atoms with Gasteiger partial charge in [0.25, 0.3) is 0 Å². The van der Waals surface area contributed by atoms with Crippen molar-refractivity contribution in [1.29, 1.82) is 0 Å². The van der Waals surface area contributed by atoms with Crippen LogP contribution in [-0.4, -0.2) is 16.5 Å². The van der Waals surface area contributed by atoms with E-state index in [-0.39, 0.29) is 0 Å². The Balaban J connectivity index is 2.50. The summed E-state index contributed by atoms with van der Waals surface area (Å²) in [5.41, 5.74) is 1.07. The van der Waals surface area contributed by atoms with Crippen LogP contribution in [0.4, 0.5) is 0 Å². The first kappa shape index (κ1) is 7.78. The van der Waals surface area contributed by atoms with Crippen molar-refractivity contribution in [2.75, 3.05) is 6.54 Å². The normalized spacial score (nSPS) is 10.1. The van der Waals surface area contributed by atoms with Gasteiger partial charge in [0, 0.05) is 24.9 Å². The van der Waals surface area contributed by atoms with Gasteiger partial charge in [0.05, 0.1) is 0 Å². The standard InChI is InChI=1S/C5H8ClN3S/c6-8-2-1-4-3-7-5(10)9-4/h3,8H,1-2H2,(H2,7,9,10). The molecular formula is C5H8ClN3S. The lowest BCUT2D eigenvalue weighted by atomic mass is 10.3. The highest BCUT2D eigenvalue weighted by Gasteiger charge is 1.91. The Morgan fingerprint density at radius 1 is 1.70 bits per heavy atom. The Kier molecular flexibility index (Phi) is 2.92. The predicted octanol–water partition coefficient (Wildman–Crippen LogP) is 1.36. The molecule has 0 aliphatic heterocycles. The summed E-state index contributed by atoms with van der Waals surface area (Å²) in [5, 5.41) is 0. The third-order valence-corrected chi connectivity index (χ3v) is 1.55. The maximum Gasteiger partial charge on any atom is 0.174 e. The molecular weight excluding hydrogens is 170 g/mol. The number of nitrogens with one attached hydrogen (secondary N) is 3. The third-order valence-electron chi connectivity index (χ3n) is 1.14. The molecule has 56 valence electrons. The zero-order chi connectivity index (χ0) is 7.40. The van der Waals surface area contributed by atoms with Crippen LogP contribution < -0.4 is 4.84 Å². The van der Waals surface area contributed by atoms with E-state index in [1.54, 1.807) is 0 Å². The smallest absolute Gasteiger partial charge is 0.174 e. The van der Waals surface area contributed by atoms with E-state index in [9.17, 15) is 0 Å². The molecule has 0 aliphatic rings. The molecule has 1 heterocycles. The summed E-state index contributed by atoms with van der Waals surface area (Å²) in [6.07, 6.45) is 2.70. The minimum absolute atomic E-state index is 0.657. The molecule has 5 heteroatoms. The second kappa shape index (κ2) is 3.75. The molecule has 1 rings (SSSR count). The van der Waals surface area contributed by atoms with E-state index in [1.165, 1.54) is 0 Å². The van der Waals surface area contributed by atoms with Gasteiger partial charge in [-0.25, -0.2) is 4.84 Å². The molecule has 1 aromatic heterocycles. The Bertz CT molecular complexity index is 241. The van der Waals surface area contributed by atoms with Crippen LogP contribution in [0, 0.1) is 4.77 Å². The highest BCUT2D eigenvalue weighted by atomic mass is 35.5. The van der Waals surface area contributed by atoms with E-state index in [1.807, 2.05) is 6.20 Å². The Labute approximate surface area is 68.9 Å². The van der Waals surface area contributed by atoms with E-state index >= 15 is 0 Å². The van der Waals surface area contributed by atoms with Crippen LogP contribution in [0.5, 0.6) is 0 Å². The number of hydrogen-bond acceptors (Lipinski definition) is 2. The van der Waals surface area contributed by atoms with Gasteiger partial charge in [0.1, 0.15) is 0 Å². The van der Waals surface area contributed by atoms with Gasteiger partial charge < -0.3 is 9.97 Å². The van der Waals surface area contributed by atoms with Crippen LogP contribution in [0.3, 0.4) is 0 Å². The summed E-state index contributed by atoms with van der Waals surface area (Å²) in [5.74, 6) is 0. The van der Waals surface area contributed by atoms with Gasteiger partial charge in [-0.1, -0.05) is 0 Å². The average Bonchev–Trinajstić information content (AvgIpc) is 2.31. The fourth-order valence-corrected chi connectivity index (χ4v) is 0.972. The largest absolute Gasteiger partial charge is 0.337 e. The van der Waals surface area contributed by atoms with Crippen LogP contribution in [0.2, 0.25) is 0 Å². The molecule has 0 amide bonds. The van der Waals surface area contributed by atoms with Crippen molar-refractivity contribution >= 4 is 24.0 Å². The monoisotopic (exact) mass is 177 g/mol. The van der Waals surface area contributed by atoms with Crippen molar-refractivity contribution in [3.8, 4) is 0 Å². The number of aromatic amines is 2. The lowest BCUT2D eigenvalue weighted by Gasteiger charge is -1.91. The Hall–Kier alpha value is -0.320. The predicted molar refractivity (Wildman–Crippen MR) is 43.5 cm³/mol. The molecule has 0 unspecified atom stereocenters. The number of aromatic nitrogens is 2. The molecule has 0 aliphatic carbocycles. The van der Waals surface area contributed by atoms with E-state index < -0.39 is 0 Å². The number of halogens is 1. The van der Waals surface area contributed by atoms with E-state index in [4.69, 9.17) is 24.0 Å². The van der Waals surface area contributed by atoms with Crippen molar-refractivity contribution in [2.24, 2.45) is 0 Å². The number of H-pyrrole nitrogens is 2. The van der Waals surface area contributed by atoms with E-state index in [0.717, 1.165) is 18.7 Å². The van der Waals surface area contributed by atoms with Crippen molar-refractivity contribution in [3.05, 3.63) is 16.7 Å². The van der Waals surface area contributed by atoms with Gasteiger partial charge in [-0.15, -0.1) is 0 Å². The average molecular weight is 178 g/mol. The molecule has 0 radical (unpaired) electrons. The van der Waals surface area contributed by atoms with Crippen molar-refractivity contribution in [1.82, 2.24) is 14.8 Å². The molecule has 0 saturated heterocycles. The molecule has 0 aromatic carbocycles. The molecule has 0 fully saturated rings. The van der Waals surface area contributed by atoms with Crippen LogP contribution in [-0.2, 0) is 6.42 Å². The summed E-state index contributed by atoms with van der Waals surface area (Å²) in [6.45, 7) is 0.741. The van der Waals surface area contributed by atoms with E-state index in [2.05, 4.69) is 14.8 Å². The first-order valence-electron chi connectivity index (χ1n) is 2.93. The van der Waals surface area contributed by atoms with Gasteiger partial charge in [-0.05, 0) is 24.0 Å². The number of imidazole rings is 1. The Morgan fingerprint density at radius 3 is 3.00 bits per heavy atom. The highest BCUT2D eigenvalue weighted by molar-refractivity contribution is 7.71. The first-order chi connectivity index (χ1) is 4.83. The van der Waals surface area contributed by atoms with Gasteiger partial charge in [0.15, 0.2) is 4.77 Å². The highest BCUT2D eigenvalue weighted by Crippen LogP contribution is 1.92. The molecule has 0 spiro atoms. The number of hydrogen-bond donors (Lipinski definition) is 3. The van der Waals surface area contributed by atoms with Gasteiger partial charge >= 0.3 is 0 Å². The second-order valence-corrected chi connectivity index (χ2v) is 2.58. The summed E-state index contributed by atoms with van der Waals surface area (Å²) >= 11 is 10.1. The third kappa shape index (κ3) is 2.13. The fraction of sp³-hybridized carbons (Fsp3) is 0.400. The van der Waals surface area contributed by atoms with Crippen LogP contribution in [0.1, 0.15) is 5.69 Å². The van der Waals surface area contributed by atoms with Crippen molar-refractivity contribution < 1.29 is 0 Å². The van der Waals surface area contributed by atoms with Gasteiger partial charge in [-0.2, -0.15) is 0 Å². The quantitative estimate of drug-likeness (QED) is 0.482. The van der Waals surface area contributed by atoms with E-state index in [0.29, 0.717) is 4.77 Å². The summed E-state index contributed by atoms with van der Waals surface area (Å²) < 4.78 is 0.657. The summed E-state index contributed by atoms with van der Waals surface area (Å²) in [6, 6.07) is 0. The zero-order valence-corrected chi connectivity index (χ0v) is 6.85. The SMILES string of the molecule is S=c1[nH]cc(CCNCl)[nH]1. The van der Waals surface area contributed by atoms with Crippen LogP contribution in [0.25, 0.3) is 0 Å². The Morgan fingerprint density at radius 2 is 2.50 bits per heavy atom. The molecule has 3 nitrogen and oxygen atoms in total. The van der Waals surface area contributed by atoms with Crippen LogP contribution in [0.15, 0.2) is 6.20 Å². The first-order valence-corrected chi connectivity index (χ1v) is 3.71. The van der Waals surface area contributed by atoms with Crippen molar-refractivity contribution in [2.45, 2.75) is 6.42 Å². The fourth-order valence-electron chi connectivity index (χ4n) is 0.687. The molecule has 1 aromatic rings. The molecule has 0 saturated carbocycles. The van der Waals surface area contributed by atoms with Gasteiger partial charge in [0.2, 0.25) is 0 Å². The van der Waals surface area contributed by atoms with Crippen LogP contribution >= 0.6 is 24.0 Å². The molecule has 3 N–H and O–H groups in total.